The molecule has 170 valence electrons. The lowest BCUT2D eigenvalue weighted by atomic mass is 10.1. The number of aromatic nitrogens is 1. The van der Waals surface area contributed by atoms with Crippen LogP contribution in [0, 0.1) is 24.7 Å². The number of carbonyl (C=O) groups excluding carboxylic acids is 1. The lowest BCUT2D eigenvalue weighted by Crippen LogP contribution is -2.50. The highest BCUT2D eigenvalue weighted by atomic mass is 32.1. The van der Waals surface area contributed by atoms with Crippen LogP contribution in [-0.4, -0.2) is 53.2 Å². The third-order valence-corrected chi connectivity index (χ3v) is 8.42. The molecule has 2 aliphatic heterocycles. The number of anilines is 1. The summed E-state index contributed by atoms with van der Waals surface area (Å²) in [7, 11) is 2.06. The summed E-state index contributed by atoms with van der Waals surface area (Å²) in [5, 5.41) is 4.37. The predicted octanol–water partition coefficient (Wildman–Crippen LogP) is 4.54. The summed E-state index contributed by atoms with van der Waals surface area (Å²) >= 11 is 1.60. The molecule has 1 aromatic heterocycles. The minimum atomic E-state index is -0.228. The van der Waals surface area contributed by atoms with Crippen LogP contribution in [-0.2, 0) is 0 Å². The third-order valence-electron chi connectivity index (χ3n) is 7.40. The minimum Gasteiger partial charge on any atom is -0.455 e. The highest BCUT2D eigenvalue weighted by molar-refractivity contribution is 7.15. The molecule has 0 radical (unpaired) electrons. The molecule has 1 saturated heterocycles. The van der Waals surface area contributed by atoms with Crippen molar-refractivity contribution in [2.45, 2.75) is 26.2 Å². The molecule has 1 aliphatic carbocycles. The normalized spacial score (nSPS) is 27.2. The van der Waals surface area contributed by atoms with Crippen LogP contribution in [0.4, 0.5) is 5.69 Å². The monoisotopic (exact) mass is 460 g/mol. The Morgan fingerprint density at radius 2 is 1.97 bits per heavy atom. The quantitative estimate of drug-likeness (QED) is 0.606. The van der Waals surface area contributed by atoms with E-state index in [2.05, 4.69) is 46.2 Å². The second-order valence-electron chi connectivity index (χ2n) is 9.45. The Labute approximate surface area is 198 Å². The number of likely N-dealkylation sites (tertiary alicyclic amines) is 1. The van der Waals surface area contributed by atoms with Gasteiger partial charge in [0.1, 0.15) is 11.4 Å². The molecule has 6 nitrogen and oxygen atoms in total. The first-order chi connectivity index (χ1) is 16.0. The van der Waals surface area contributed by atoms with Gasteiger partial charge in [0.25, 0.3) is 5.91 Å². The van der Waals surface area contributed by atoms with Crippen LogP contribution in [0.5, 0.6) is 5.75 Å². The van der Waals surface area contributed by atoms with Crippen LogP contribution in [0.25, 0.3) is 10.4 Å². The Hall–Kier alpha value is -2.90. The molecule has 7 heteroatoms. The number of nitrogens with zero attached hydrogens (tertiary/aromatic N) is 3. The van der Waals surface area contributed by atoms with Gasteiger partial charge in [-0.3, -0.25) is 9.69 Å². The second kappa shape index (κ2) is 7.85. The molecular formula is C26H28N4O2S. The Bertz CT molecular complexity index is 1170. The molecule has 2 fully saturated rings. The van der Waals surface area contributed by atoms with Crippen LogP contribution in [0.1, 0.15) is 22.4 Å². The number of amides is 1. The first kappa shape index (κ1) is 20.7. The second-order valence-corrected chi connectivity index (χ2v) is 10.7. The molecule has 33 heavy (non-hydrogen) atoms. The van der Waals surface area contributed by atoms with E-state index in [-0.39, 0.29) is 18.3 Å². The van der Waals surface area contributed by atoms with Crippen molar-refractivity contribution >= 4 is 22.9 Å². The molecule has 5 atom stereocenters. The largest absolute Gasteiger partial charge is 0.455 e. The molecule has 3 aromatic rings. The van der Waals surface area contributed by atoms with Crippen LogP contribution in [0.2, 0.25) is 0 Å². The number of rotatable bonds is 5. The van der Waals surface area contributed by atoms with Crippen molar-refractivity contribution in [1.29, 1.82) is 0 Å². The van der Waals surface area contributed by atoms with E-state index in [0.29, 0.717) is 23.4 Å². The Balaban J connectivity index is 1.24. The van der Waals surface area contributed by atoms with Gasteiger partial charge in [0, 0.05) is 19.1 Å². The maximum Gasteiger partial charge on any atom is 0.274 e. The Kier molecular flexibility index (Phi) is 4.92. The molecule has 6 rings (SSSR count). The van der Waals surface area contributed by atoms with Crippen LogP contribution < -0.4 is 10.1 Å². The number of hydrogen-bond donors (Lipinski definition) is 1. The number of fused-ring (bicyclic) bond motifs is 2. The van der Waals surface area contributed by atoms with Gasteiger partial charge in [-0.25, -0.2) is 4.98 Å². The molecule has 1 saturated carbocycles. The summed E-state index contributed by atoms with van der Waals surface area (Å²) in [4.78, 5) is 23.7. The summed E-state index contributed by atoms with van der Waals surface area (Å²) in [5.74, 6) is 2.71. The highest BCUT2D eigenvalue weighted by Crippen LogP contribution is 2.55. The highest BCUT2D eigenvalue weighted by Gasteiger charge is 2.60. The molecule has 1 N–H and O–H groups in total. The Morgan fingerprint density at radius 3 is 2.76 bits per heavy atom. The van der Waals surface area contributed by atoms with Gasteiger partial charge in [-0.15, -0.1) is 11.3 Å². The fraction of sp³-hybridized carbons (Fsp3) is 0.385. The van der Waals surface area contributed by atoms with E-state index in [1.54, 1.807) is 11.3 Å². The number of likely N-dealkylation sites (N-methyl/N-ethyl adjacent to an activating group) is 1. The fourth-order valence-electron chi connectivity index (χ4n) is 5.58. The van der Waals surface area contributed by atoms with E-state index in [9.17, 15) is 4.79 Å². The summed E-state index contributed by atoms with van der Waals surface area (Å²) in [5.41, 5.74) is 2.66. The molecule has 3 aliphatic rings. The number of benzene rings is 2. The smallest absolute Gasteiger partial charge is 0.274 e. The molecular weight excluding hydrogens is 432 g/mol. The van der Waals surface area contributed by atoms with E-state index in [1.807, 2.05) is 49.4 Å². The van der Waals surface area contributed by atoms with Gasteiger partial charge in [0.2, 0.25) is 6.35 Å². The van der Waals surface area contributed by atoms with E-state index in [1.165, 1.54) is 0 Å². The SMILES string of the molecule is Cc1nc(C(=O)N2CC3C(C)C3C2CN(C)C2Nc3ccccc3O2)c(-c2ccccc2)s1. The molecule has 2 aromatic carbocycles. The van der Waals surface area contributed by atoms with Gasteiger partial charge in [-0.2, -0.15) is 0 Å². The number of aryl methyl sites for hydroxylation is 1. The molecule has 0 bridgehead atoms. The topological polar surface area (TPSA) is 57.7 Å². The van der Waals surface area contributed by atoms with Crippen LogP contribution in [0.3, 0.4) is 0 Å². The predicted molar refractivity (Wildman–Crippen MR) is 130 cm³/mol. The number of nitrogens with one attached hydrogen (secondary N) is 1. The first-order valence-corrected chi connectivity index (χ1v) is 12.4. The summed E-state index contributed by atoms with van der Waals surface area (Å²) < 4.78 is 6.12. The van der Waals surface area contributed by atoms with Crippen molar-refractivity contribution in [3.05, 3.63) is 65.3 Å². The van der Waals surface area contributed by atoms with E-state index < -0.39 is 0 Å². The molecule has 5 unspecified atom stereocenters. The zero-order valence-electron chi connectivity index (χ0n) is 19.1. The lowest BCUT2D eigenvalue weighted by molar-refractivity contribution is 0.0435. The van der Waals surface area contributed by atoms with Crippen LogP contribution >= 0.6 is 11.3 Å². The standard InChI is InChI=1S/C26H28N4O2S/c1-15-18-13-30(25(31)23-24(33-16(2)27-23)17-9-5-4-6-10-17)20(22(15)18)14-29(3)26-28-19-11-7-8-12-21(19)32-26/h4-12,15,18,20,22,26,28H,13-14H2,1-3H3. The third kappa shape index (κ3) is 3.50. The number of ether oxygens (including phenoxy) is 1. The van der Waals surface area contributed by atoms with Crippen molar-refractivity contribution in [3.63, 3.8) is 0 Å². The maximum atomic E-state index is 13.8. The van der Waals surface area contributed by atoms with Gasteiger partial charge >= 0.3 is 0 Å². The van der Waals surface area contributed by atoms with Gasteiger partial charge < -0.3 is 15.0 Å². The first-order valence-electron chi connectivity index (χ1n) is 11.6. The minimum absolute atomic E-state index is 0.0552. The molecule has 0 spiro atoms. The summed E-state index contributed by atoms with van der Waals surface area (Å²) in [6, 6.07) is 18.3. The lowest BCUT2D eigenvalue weighted by Gasteiger charge is -2.33. The van der Waals surface area contributed by atoms with Gasteiger partial charge in [-0.1, -0.05) is 49.4 Å². The maximum absolute atomic E-state index is 13.8. The van der Waals surface area contributed by atoms with E-state index >= 15 is 0 Å². The van der Waals surface area contributed by atoms with Crippen molar-refractivity contribution < 1.29 is 9.53 Å². The number of hydrogen-bond acceptors (Lipinski definition) is 6. The van der Waals surface area contributed by atoms with Gasteiger partial charge in [0.05, 0.1) is 15.6 Å². The molecule has 1 amide bonds. The van der Waals surface area contributed by atoms with Crippen molar-refractivity contribution in [3.8, 4) is 16.2 Å². The van der Waals surface area contributed by atoms with Crippen molar-refractivity contribution in [1.82, 2.24) is 14.8 Å². The Morgan fingerprint density at radius 1 is 1.21 bits per heavy atom. The fourth-order valence-corrected chi connectivity index (χ4v) is 6.50. The van der Waals surface area contributed by atoms with Crippen LogP contribution in [0.15, 0.2) is 54.6 Å². The zero-order chi connectivity index (χ0) is 22.7. The zero-order valence-corrected chi connectivity index (χ0v) is 19.9. The number of piperidine rings is 1. The van der Waals surface area contributed by atoms with Gasteiger partial charge in [0.15, 0.2) is 0 Å². The summed E-state index contributed by atoms with van der Waals surface area (Å²) in [6.45, 7) is 5.86. The summed E-state index contributed by atoms with van der Waals surface area (Å²) in [6.07, 6.45) is -0.228. The number of para-hydroxylation sites is 2. The van der Waals surface area contributed by atoms with E-state index in [4.69, 9.17) is 4.74 Å². The van der Waals surface area contributed by atoms with Crippen molar-refractivity contribution in [2.24, 2.45) is 17.8 Å². The van der Waals surface area contributed by atoms with E-state index in [0.717, 1.165) is 40.0 Å². The number of carbonyl (C=O) groups is 1. The van der Waals surface area contributed by atoms with Crippen molar-refractivity contribution in [2.75, 3.05) is 25.5 Å². The average Bonchev–Trinajstić information content (AvgIpc) is 3.23. The molecule has 3 heterocycles. The number of thiazole rings is 1. The van der Waals surface area contributed by atoms with Gasteiger partial charge in [-0.05, 0) is 49.4 Å². The average molecular weight is 461 g/mol.